The van der Waals surface area contributed by atoms with E-state index >= 15 is 0 Å². The molecule has 0 fully saturated rings. The van der Waals surface area contributed by atoms with Crippen molar-refractivity contribution in [1.29, 1.82) is 0 Å². The van der Waals surface area contributed by atoms with Crippen molar-refractivity contribution in [3.63, 3.8) is 0 Å². The zero-order valence-corrected chi connectivity index (χ0v) is 12.5. The summed E-state index contributed by atoms with van der Waals surface area (Å²) in [6, 6.07) is 0. The summed E-state index contributed by atoms with van der Waals surface area (Å²) in [7, 11) is 0. The minimum absolute atomic E-state index is 0.0535. The van der Waals surface area contributed by atoms with Gasteiger partial charge < -0.3 is 10.2 Å². The standard InChI is InChI=1S/C13H22N4S/c1-5-14-12(18)16-7-6-11-10(9-16)8-15-17(11)13(2,3)4/h8H,5-7,9H2,1-4H3,(H,14,18). The SMILES string of the molecule is CCNC(=S)N1CCc2c(cnn2C(C)(C)C)C1. The Bertz CT molecular complexity index is 444. The van der Waals surface area contributed by atoms with Crippen LogP contribution in [0.5, 0.6) is 0 Å². The lowest BCUT2D eigenvalue weighted by atomic mass is 10.0. The van der Waals surface area contributed by atoms with Crippen LogP contribution in [0.2, 0.25) is 0 Å². The molecule has 0 atom stereocenters. The summed E-state index contributed by atoms with van der Waals surface area (Å²) in [6.45, 7) is 11.4. The topological polar surface area (TPSA) is 33.1 Å². The van der Waals surface area contributed by atoms with E-state index in [1.54, 1.807) is 0 Å². The molecule has 1 aromatic heterocycles. The van der Waals surface area contributed by atoms with Gasteiger partial charge in [0.05, 0.1) is 11.7 Å². The van der Waals surface area contributed by atoms with Gasteiger partial charge in [0.2, 0.25) is 0 Å². The Morgan fingerprint density at radius 1 is 1.50 bits per heavy atom. The molecule has 0 amide bonds. The maximum atomic E-state index is 5.37. The van der Waals surface area contributed by atoms with Gasteiger partial charge in [-0.15, -0.1) is 0 Å². The van der Waals surface area contributed by atoms with Gasteiger partial charge in [0.25, 0.3) is 0 Å². The third-order valence-electron chi connectivity index (χ3n) is 3.19. The van der Waals surface area contributed by atoms with Crippen LogP contribution in [0.4, 0.5) is 0 Å². The van der Waals surface area contributed by atoms with Crippen molar-refractivity contribution >= 4 is 17.3 Å². The van der Waals surface area contributed by atoms with E-state index in [0.29, 0.717) is 0 Å². The average Bonchev–Trinajstić information content (AvgIpc) is 2.71. The van der Waals surface area contributed by atoms with Gasteiger partial charge in [0.15, 0.2) is 5.11 Å². The normalized spacial score (nSPS) is 15.4. The van der Waals surface area contributed by atoms with Crippen LogP contribution in [-0.4, -0.2) is 32.9 Å². The molecule has 0 unspecified atom stereocenters. The molecule has 18 heavy (non-hydrogen) atoms. The summed E-state index contributed by atoms with van der Waals surface area (Å²) in [6.07, 6.45) is 3.00. The number of thiocarbonyl (C=S) groups is 1. The molecule has 2 rings (SSSR count). The fraction of sp³-hybridized carbons (Fsp3) is 0.692. The first-order valence-electron chi connectivity index (χ1n) is 6.52. The number of nitrogens with one attached hydrogen (secondary N) is 1. The predicted octanol–water partition coefficient (Wildman–Crippen LogP) is 1.89. The van der Waals surface area contributed by atoms with Crippen LogP contribution < -0.4 is 5.32 Å². The van der Waals surface area contributed by atoms with Gasteiger partial charge >= 0.3 is 0 Å². The summed E-state index contributed by atoms with van der Waals surface area (Å²) in [5.74, 6) is 0. The summed E-state index contributed by atoms with van der Waals surface area (Å²) in [4.78, 5) is 2.22. The van der Waals surface area contributed by atoms with E-state index < -0.39 is 0 Å². The molecule has 0 radical (unpaired) electrons. The predicted molar refractivity (Wildman–Crippen MR) is 77.6 cm³/mol. The molecule has 1 aliphatic rings. The number of fused-ring (bicyclic) bond motifs is 1. The fourth-order valence-corrected chi connectivity index (χ4v) is 2.65. The summed E-state index contributed by atoms with van der Waals surface area (Å²) < 4.78 is 2.15. The van der Waals surface area contributed by atoms with Gasteiger partial charge in [-0.1, -0.05) is 0 Å². The lowest BCUT2D eigenvalue weighted by Crippen LogP contribution is -2.43. The molecule has 0 bridgehead atoms. The van der Waals surface area contributed by atoms with Crippen molar-refractivity contribution in [2.45, 2.75) is 46.2 Å². The van der Waals surface area contributed by atoms with E-state index in [1.807, 2.05) is 6.20 Å². The van der Waals surface area contributed by atoms with E-state index in [1.165, 1.54) is 11.3 Å². The molecule has 100 valence electrons. The highest BCUT2D eigenvalue weighted by Gasteiger charge is 2.26. The number of rotatable bonds is 1. The van der Waals surface area contributed by atoms with E-state index in [4.69, 9.17) is 12.2 Å². The van der Waals surface area contributed by atoms with Gasteiger partial charge in [-0.2, -0.15) is 5.10 Å². The Labute approximate surface area is 114 Å². The number of hydrogen-bond donors (Lipinski definition) is 1. The molecular weight excluding hydrogens is 244 g/mol. The monoisotopic (exact) mass is 266 g/mol. The van der Waals surface area contributed by atoms with Crippen molar-refractivity contribution in [1.82, 2.24) is 20.0 Å². The molecule has 2 heterocycles. The Balaban J connectivity index is 2.17. The lowest BCUT2D eigenvalue weighted by Gasteiger charge is -2.31. The van der Waals surface area contributed by atoms with Crippen LogP contribution in [0, 0.1) is 0 Å². The van der Waals surface area contributed by atoms with Crippen LogP contribution in [0.25, 0.3) is 0 Å². The lowest BCUT2D eigenvalue weighted by molar-refractivity contribution is 0.322. The van der Waals surface area contributed by atoms with Crippen molar-refractivity contribution < 1.29 is 0 Å². The zero-order chi connectivity index (χ0) is 13.3. The van der Waals surface area contributed by atoms with Gasteiger partial charge in [-0.3, -0.25) is 4.68 Å². The highest BCUT2D eigenvalue weighted by Crippen LogP contribution is 2.24. The summed E-state index contributed by atoms with van der Waals surface area (Å²) in [5.41, 5.74) is 2.72. The second-order valence-electron chi connectivity index (χ2n) is 5.71. The number of nitrogens with zero attached hydrogens (tertiary/aromatic N) is 3. The molecular formula is C13H22N4S. The molecule has 1 aliphatic heterocycles. The van der Waals surface area contributed by atoms with E-state index in [2.05, 4.69) is 47.7 Å². The minimum atomic E-state index is 0.0535. The van der Waals surface area contributed by atoms with Gasteiger partial charge in [-0.25, -0.2) is 0 Å². The quantitative estimate of drug-likeness (QED) is 0.787. The highest BCUT2D eigenvalue weighted by molar-refractivity contribution is 7.80. The molecule has 0 spiro atoms. The van der Waals surface area contributed by atoms with Gasteiger partial charge in [0.1, 0.15) is 0 Å². The third-order valence-corrected chi connectivity index (χ3v) is 3.59. The van der Waals surface area contributed by atoms with E-state index in [9.17, 15) is 0 Å². The Kier molecular flexibility index (Phi) is 3.61. The fourth-order valence-electron chi connectivity index (χ4n) is 2.35. The van der Waals surface area contributed by atoms with Crippen LogP contribution in [0.15, 0.2) is 6.20 Å². The van der Waals surface area contributed by atoms with Crippen molar-refractivity contribution in [3.05, 3.63) is 17.5 Å². The largest absolute Gasteiger partial charge is 0.363 e. The van der Waals surface area contributed by atoms with Crippen LogP contribution in [0.1, 0.15) is 39.0 Å². The Morgan fingerprint density at radius 3 is 2.83 bits per heavy atom. The molecule has 1 aromatic rings. The number of hydrogen-bond acceptors (Lipinski definition) is 2. The van der Waals surface area contributed by atoms with Crippen molar-refractivity contribution in [2.24, 2.45) is 0 Å². The maximum absolute atomic E-state index is 5.37. The molecule has 0 aliphatic carbocycles. The van der Waals surface area contributed by atoms with Crippen molar-refractivity contribution in [2.75, 3.05) is 13.1 Å². The zero-order valence-electron chi connectivity index (χ0n) is 11.7. The van der Waals surface area contributed by atoms with E-state index in [-0.39, 0.29) is 5.54 Å². The van der Waals surface area contributed by atoms with Gasteiger partial charge in [0, 0.05) is 37.3 Å². The van der Waals surface area contributed by atoms with Crippen LogP contribution >= 0.6 is 12.2 Å². The molecule has 5 heteroatoms. The molecule has 0 aromatic carbocycles. The number of aromatic nitrogens is 2. The summed E-state index contributed by atoms with van der Waals surface area (Å²) >= 11 is 5.37. The summed E-state index contributed by atoms with van der Waals surface area (Å²) in [5, 5.41) is 8.60. The van der Waals surface area contributed by atoms with Gasteiger partial charge in [-0.05, 0) is 39.9 Å². The van der Waals surface area contributed by atoms with E-state index in [0.717, 1.165) is 31.2 Å². The van der Waals surface area contributed by atoms with Crippen LogP contribution in [-0.2, 0) is 18.5 Å². The van der Waals surface area contributed by atoms with Crippen molar-refractivity contribution in [3.8, 4) is 0 Å². The van der Waals surface area contributed by atoms with Crippen LogP contribution in [0.3, 0.4) is 0 Å². The second-order valence-corrected chi connectivity index (χ2v) is 6.09. The Hall–Kier alpha value is -1.10. The Morgan fingerprint density at radius 2 is 2.22 bits per heavy atom. The maximum Gasteiger partial charge on any atom is 0.169 e. The molecule has 1 N–H and O–H groups in total. The first-order chi connectivity index (χ1) is 8.43. The first kappa shape index (κ1) is 13.3. The molecule has 0 saturated carbocycles. The third kappa shape index (κ3) is 2.51. The highest BCUT2D eigenvalue weighted by atomic mass is 32.1. The average molecular weight is 266 g/mol. The molecule has 0 saturated heterocycles. The second kappa shape index (κ2) is 4.88. The minimum Gasteiger partial charge on any atom is -0.363 e. The molecule has 4 nitrogen and oxygen atoms in total. The smallest absolute Gasteiger partial charge is 0.169 e. The first-order valence-corrected chi connectivity index (χ1v) is 6.93.